The van der Waals surface area contributed by atoms with E-state index in [4.69, 9.17) is 53.8 Å². The van der Waals surface area contributed by atoms with E-state index in [9.17, 15) is 24.6 Å². The number of hydrogen-bond acceptors (Lipinski definition) is 9. The molecule has 2 N–H and O–H groups in total. The van der Waals surface area contributed by atoms with Crippen LogP contribution in [0.2, 0.25) is 25.7 Å². The number of rotatable bonds is 7. The van der Waals surface area contributed by atoms with Crippen molar-refractivity contribution >= 4 is 60.6 Å². The lowest BCUT2D eigenvalue weighted by atomic mass is 9.57. The van der Waals surface area contributed by atoms with Crippen LogP contribution in [-0.4, -0.2) is 71.5 Å². The molecule has 3 atom stereocenters. The second kappa shape index (κ2) is 11.0. The van der Waals surface area contributed by atoms with Gasteiger partial charge in [0.15, 0.2) is 5.78 Å². The quantitative estimate of drug-likeness (QED) is 0.181. The van der Waals surface area contributed by atoms with E-state index in [0.717, 1.165) is 0 Å². The molecule has 0 bridgehead atoms. The van der Waals surface area contributed by atoms with E-state index < -0.39 is 53.0 Å². The van der Waals surface area contributed by atoms with Crippen LogP contribution in [0.25, 0.3) is 0 Å². The number of esters is 2. The van der Waals surface area contributed by atoms with Gasteiger partial charge in [0.25, 0.3) is 5.79 Å². The molecule has 1 aromatic carbocycles. The highest BCUT2D eigenvalue weighted by molar-refractivity contribution is 6.76. The number of Topliss-reactive ketones (excluding diaryl/α,β-unsaturated/α-hetero) is 1. The Bertz CT molecular complexity index is 1330. The number of aliphatic hydroxyl groups is 2. The van der Waals surface area contributed by atoms with E-state index in [0.29, 0.717) is 22.7 Å². The van der Waals surface area contributed by atoms with Gasteiger partial charge in [-0.3, -0.25) is 4.79 Å². The summed E-state index contributed by atoms with van der Waals surface area (Å²) in [5.41, 5.74) is -3.41. The fourth-order valence-corrected chi connectivity index (χ4v) is 6.27. The maximum absolute atomic E-state index is 14.1. The summed E-state index contributed by atoms with van der Waals surface area (Å²) >= 11 is 17.3. The summed E-state index contributed by atoms with van der Waals surface area (Å²) in [5.74, 6) is -4.75. The highest BCUT2D eigenvalue weighted by Crippen LogP contribution is 2.58. The van der Waals surface area contributed by atoms with Gasteiger partial charge in [-0.15, -0.1) is 0 Å². The maximum atomic E-state index is 14.1. The molecule has 2 aliphatic rings. The molecular weight excluding hydrogens is 615 g/mol. The third-order valence-corrected chi connectivity index (χ3v) is 10.1. The fourth-order valence-electron chi connectivity index (χ4n) is 5.40. The molecule has 0 fully saturated rings. The molecule has 3 rings (SSSR count). The SMILES string of the molecule is COc1c(C)c2c(c(C)c1C(=O)OCC(Cl)(Cl)Cl)C[C@@]1(C)C(=O)C(C(=O)OCC[Si](C)(C)C)=C(C)[C@@](C)(O)C1(O)O2. The average Bonchev–Trinajstić information content (AvgIpc) is 2.83. The largest absolute Gasteiger partial charge is 0.495 e. The van der Waals surface area contributed by atoms with Gasteiger partial charge in [0.2, 0.25) is 3.79 Å². The lowest BCUT2D eigenvalue weighted by Crippen LogP contribution is -2.73. The molecule has 0 spiro atoms. The number of benzene rings is 1. The van der Waals surface area contributed by atoms with Gasteiger partial charge in [-0.2, -0.15) is 0 Å². The summed E-state index contributed by atoms with van der Waals surface area (Å²) in [6.07, 6.45) is -0.200. The van der Waals surface area contributed by atoms with Crippen molar-refractivity contribution in [2.75, 3.05) is 20.3 Å². The van der Waals surface area contributed by atoms with Gasteiger partial charge in [-0.25, -0.2) is 9.59 Å². The van der Waals surface area contributed by atoms with E-state index >= 15 is 0 Å². The number of ether oxygens (including phenoxy) is 4. The molecule has 0 radical (unpaired) electrons. The van der Waals surface area contributed by atoms with Crippen LogP contribution in [0.5, 0.6) is 11.5 Å². The van der Waals surface area contributed by atoms with Crippen LogP contribution in [0.15, 0.2) is 11.1 Å². The Morgan fingerprint density at radius 3 is 2.12 bits per heavy atom. The minimum Gasteiger partial charge on any atom is -0.495 e. The highest BCUT2D eigenvalue weighted by atomic mass is 35.6. The summed E-state index contributed by atoms with van der Waals surface area (Å²) in [4.78, 5) is 40.5. The lowest BCUT2D eigenvalue weighted by molar-refractivity contribution is -0.297. The van der Waals surface area contributed by atoms with E-state index in [1.54, 1.807) is 13.8 Å². The smallest absolute Gasteiger partial charge is 0.342 e. The summed E-state index contributed by atoms with van der Waals surface area (Å²) < 4.78 is 20.5. The Morgan fingerprint density at radius 1 is 1.02 bits per heavy atom. The van der Waals surface area contributed by atoms with Crippen LogP contribution in [-0.2, 0) is 25.5 Å². The lowest BCUT2D eigenvalue weighted by Gasteiger charge is -2.56. The van der Waals surface area contributed by atoms with Crippen LogP contribution in [0.4, 0.5) is 0 Å². The molecule has 9 nitrogen and oxygen atoms in total. The number of fused-ring (bicyclic) bond motifs is 2. The molecule has 0 amide bonds. The second-order valence-electron chi connectivity index (χ2n) is 12.3. The number of carbonyl (C=O) groups is 3. The summed E-state index contributed by atoms with van der Waals surface area (Å²) in [5, 5.41) is 23.8. The van der Waals surface area contributed by atoms with Crippen molar-refractivity contribution in [3.05, 3.63) is 33.4 Å². The molecule has 1 aliphatic carbocycles. The van der Waals surface area contributed by atoms with E-state index in [2.05, 4.69) is 19.6 Å². The van der Waals surface area contributed by atoms with Crippen molar-refractivity contribution < 1.29 is 43.5 Å². The molecule has 1 heterocycles. The molecule has 0 saturated heterocycles. The molecule has 0 aromatic heterocycles. The predicted octanol–water partition coefficient (Wildman–Crippen LogP) is 5.00. The van der Waals surface area contributed by atoms with Crippen molar-refractivity contribution in [1.82, 2.24) is 0 Å². The van der Waals surface area contributed by atoms with Crippen LogP contribution in [0, 0.1) is 19.3 Å². The summed E-state index contributed by atoms with van der Waals surface area (Å²) in [7, 11) is -0.197. The molecule has 41 heavy (non-hydrogen) atoms. The van der Waals surface area contributed by atoms with Gasteiger partial charge < -0.3 is 29.2 Å². The third-order valence-electron chi connectivity index (χ3n) is 8.10. The normalized spacial score (nSPS) is 26.1. The standard InChI is InChI=1S/C28H37Cl3O9Si/c1-14-17-12-25(4)22(32)19(24(34)38-10-11-41(7,8)9)16(3)26(5,35)28(25,36)40-20(17)15(2)21(37-6)18(14)23(33)39-13-27(29,30)31/h35-36H,10-13H2,1-9H3/t25-,26+,28?/m0/s1. The minimum atomic E-state index is -2.49. The van der Waals surface area contributed by atoms with Crippen molar-refractivity contribution in [2.24, 2.45) is 5.41 Å². The molecule has 1 aromatic rings. The monoisotopic (exact) mass is 650 g/mol. The minimum absolute atomic E-state index is 0.0170. The summed E-state index contributed by atoms with van der Waals surface area (Å²) in [6, 6.07) is 0.685. The second-order valence-corrected chi connectivity index (χ2v) is 20.4. The highest BCUT2D eigenvalue weighted by Gasteiger charge is 2.71. The fraction of sp³-hybridized carbons (Fsp3) is 0.607. The third kappa shape index (κ3) is 5.76. The Morgan fingerprint density at radius 2 is 1.61 bits per heavy atom. The number of alkyl halides is 3. The average molecular weight is 652 g/mol. The van der Waals surface area contributed by atoms with Crippen molar-refractivity contribution in [3.63, 3.8) is 0 Å². The topological polar surface area (TPSA) is 129 Å². The van der Waals surface area contributed by atoms with Crippen LogP contribution >= 0.6 is 34.8 Å². The van der Waals surface area contributed by atoms with Crippen LogP contribution in [0.3, 0.4) is 0 Å². The number of carbonyl (C=O) groups excluding carboxylic acids is 3. The van der Waals surface area contributed by atoms with Gasteiger partial charge in [0, 0.05) is 13.6 Å². The number of hydrogen-bond donors (Lipinski definition) is 2. The van der Waals surface area contributed by atoms with E-state index in [1.165, 1.54) is 27.9 Å². The Labute approximate surface area is 256 Å². The first-order chi connectivity index (χ1) is 18.5. The van der Waals surface area contributed by atoms with Gasteiger partial charge in [-0.05, 0) is 63.8 Å². The number of methoxy groups -OCH3 is 1. The van der Waals surface area contributed by atoms with Gasteiger partial charge in [0.05, 0.1) is 13.7 Å². The van der Waals surface area contributed by atoms with Crippen LogP contribution in [0.1, 0.15) is 47.8 Å². The molecular formula is C28H37Cl3O9Si. The molecule has 228 valence electrons. The van der Waals surface area contributed by atoms with E-state index in [-0.39, 0.29) is 41.2 Å². The van der Waals surface area contributed by atoms with Crippen molar-refractivity contribution in [3.8, 4) is 11.5 Å². The van der Waals surface area contributed by atoms with E-state index in [1.807, 2.05) is 0 Å². The van der Waals surface area contributed by atoms with Gasteiger partial charge in [0.1, 0.15) is 40.3 Å². The first kappa shape index (κ1) is 33.7. The first-order valence-electron chi connectivity index (χ1n) is 13.0. The van der Waals surface area contributed by atoms with Crippen LogP contribution < -0.4 is 9.47 Å². The zero-order chi connectivity index (χ0) is 31.5. The Balaban J connectivity index is 2.16. The predicted molar refractivity (Wildman–Crippen MR) is 158 cm³/mol. The molecule has 0 saturated carbocycles. The molecule has 1 aliphatic heterocycles. The Kier molecular flexibility index (Phi) is 9.06. The first-order valence-corrected chi connectivity index (χ1v) is 17.9. The zero-order valence-electron chi connectivity index (χ0n) is 24.7. The Hall–Kier alpha value is -1.82. The molecule has 1 unspecified atom stereocenters. The molecule has 13 heteroatoms. The zero-order valence-corrected chi connectivity index (χ0v) is 28.0. The summed E-state index contributed by atoms with van der Waals surface area (Å²) in [6.45, 7) is 13.3. The number of halogens is 3. The maximum Gasteiger partial charge on any atom is 0.342 e. The van der Waals surface area contributed by atoms with Gasteiger partial charge >= 0.3 is 11.9 Å². The number of ketones is 1. The van der Waals surface area contributed by atoms with Crippen molar-refractivity contribution in [1.29, 1.82) is 0 Å². The van der Waals surface area contributed by atoms with Crippen molar-refractivity contribution in [2.45, 2.75) is 81.9 Å². The van der Waals surface area contributed by atoms with Gasteiger partial charge in [-0.1, -0.05) is 54.4 Å².